The van der Waals surface area contributed by atoms with Crippen LogP contribution in [0.15, 0.2) is 0 Å². The van der Waals surface area contributed by atoms with Gasteiger partial charge in [0, 0.05) is 18.4 Å². The van der Waals surface area contributed by atoms with E-state index in [9.17, 15) is 9.90 Å². The van der Waals surface area contributed by atoms with Crippen LogP contribution in [0, 0.1) is 11.8 Å². The Kier molecular flexibility index (Phi) is 5.68. The highest BCUT2D eigenvalue weighted by molar-refractivity contribution is 5.81. The van der Waals surface area contributed by atoms with Gasteiger partial charge in [0.25, 0.3) is 0 Å². The van der Waals surface area contributed by atoms with E-state index in [2.05, 4.69) is 6.92 Å². The molecule has 0 spiro atoms. The van der Waals surface area contributed by atoms with Gasteiger partial charge in [-0.25, -0.2) is 0 Å². The zero-order valence-corrected chi connectivity index (χ0v) is 12.3. The van der Waals surface area contributed by atoms with Crippen molar-refractivity contribution in [3.8, 4) is 0 Å². The third-order valence-corrected chi connectivity index (χ3v) is 4.87. The van der Waals surface area contributed by atoms with Gasteiger partial charge in [-0.3, -0.25) is 4.79 Å². The van der Waals surface area contributed by atoms with Crippen molar-refractivity contribution in [2.75, 3.05) is 6.54 Å². The second kappa shape index (κ2) is 7.28. The number of aliphatic hydroxyl groups is 1. The van der Waals surface area contributed by atoms with E-state index in [1.165, 1.54) is 38.5 Å². The van der Waals surface area contributed by atoms with Crippen LogP contribution in [0.4, 0.5) is 0 Å². The summed E-state index contributed by atoms with van der Waals surface area (Å²) in [6.07, 6.45) is 11.3. The molecule has 19 heavy (non-hydrogen) atoms. The van der Waals surface area contributed by atoms with E-state index in [0.717, 1.165) is 32.2 Å². The Labute approximate surface area is 117 Å². The molecule has 0 aromatic carbocycles. The minimum Gasteiger partial charge on any atom is -0.373 e. The molecular formula is C16H29NO2. The predicted molar refractivity (Wildman–Crippen MR) is 76.5 cm³/mol. The molecule has 0 radical (unpaired) electrons. The largest absolute Gasteiger partial charge is 0.373 e. The summed E-state index contributed by atoms with van der Waals surface area (Å²) in [6.45, 7) is 2.99. The lowest BCUT2D eigenvalue weighted by Gasteiger charge is -2.25. The highest BCUT2D eigenvalue weighted by Gasteiger charge is 2.47. The average Bonchev–Trinajstić information content (AvgIpc) is 2.68. The smallest absolute Gasteiger partial charge is 0.228 e. The molecule has 3 atom stereocenters. The highest BCUT2D eigenvalue weighted by atomic mass is 16.3. The number of hydrogen-bond acceptors (Lipinski definition) is 2. The Morgan fingerprint density at radius 1 is 1.11 bits per heavy atom. The molecule has 0 aromatic rings. The molecule has 1 heterocycles. The molecular weight excluding hydrogens is 238 g/mol. The second-order valence-electron chi connectivity index (χ2n) is 6.27. The topological polar surface area (TPSA) is 40.5 Å². The molecule has 110 valence electrons. The van der Waals surface area contributed by atoms with Crippen molar-refractivity contribution in [3.63, 3.8) is 0 Å². The summed E-state index contributed by atoms with van der Waals surface area (Å²) in [6, 6.07) is 0. The minimum absolute atomic E-state index is 0.129. The third-order valence-electron chi connectivity index (χ3n) is 4.87. The maximum atomic E-state index is 12.3. The van der Waals surface area contributed by atoms with Crippen LogP contribution in [0.3, 0.4) is 0 Å². The quantitative estimate of drug-likeness (QED) is 0.719. The van der Waals surface area contributed by atoms with Crippen LogP contribution in [-0.2, 0) is 4.79 Å². The van der Waals surface area contributed by atoms with E-state index in [-0.39, 0.29) is 17.7 Å². The van der Waals surface area contributed by atoms with Crippen LogP contribution >= 0.6 is 0 Å². The molecule has 2 rings (SSSR count). The summed E-state index contributed by atoms with van der Waals surface area (Å²) in [7, 11) is 0. The number of unbranched alkanes of at least 4 members (excludes halogenated alkanes) is 5. The van der Waals surface area contributed by atoms with Crippen LogP contribution in [0.2, 0.25) is 0 Å². The number of fused-ring (bicyclic) bond motifs is 1. The van der Waals surface area contributed by atoms with Crippen molar-refractivity contribution in [2.24, 2.45) is 11.8 Å². The Bertz CT molecular complexity index is 292. The minimum atomic E-state index is -0.492. The highest BCUT2D eigenvalue weighted by Crippen LogP contribution is 2.40. The van der Waals surface area contributed by atoms with Gasteiger partial charge in [0.05, 0.1) is 0 Å². The standard InChI is InChI=1S/C16H29NO2/c1-2-3-4-5-6-9-12-17-15(18)13-10-7-8-11-14(13)16(17)19/h13-15,18H,2-12H2,1H3. The molecule has 1 saturated heterocycles. The van der Waals surface area contributed by atoms with Crippen molar-refractivity contribution < 1.29 is 9.90 Å². The first-order chi connectivity index (χ1) is 9.25. The van der Waals surface area contributed by atoms with Crippen LogP contribution in [0.1, 0.15) is 71.1 Å². The number of carbonyl (C=O) groups is 1. The van der Waals surface area contributed by atoms with Gasteiger partial charge in [-0.05, 0) is 19.3 Å². The molecule has 3 heteroatoms. The van der Waals surface area contributed by atoms with E-state index in [1.807, 2.05) is 0 Å². The van der Waals surface area contributed by atoms with Gasteiger partial charge in [-0.15, -0.1) is 0 Å². The SMILES string of the molecule is CCCCCCCCN1C(=O)C2CCCCC2C1O. The molecule has 2 aliphatic rings. The van der Waals surface area contributed by atoms with Gasteiger partial charge in [0.1, 0.15) is 6.23 Å². The Balaban J connectivity index is 1.72. The van der Waals surface area contributed by atoms with Crippen LogP contribution in [0.25, 0.3) is 0 Å². The molecule has 1 aliphatic carbocycles. The number of nitrogens with zero attached hydrogens (tertiary/aromatic N) is 1. The molecule has 1 saturated carbocycles. The van der Waals surface area contributed by atoms with Crippen molar-refractivity contribution >= 4 is 5.91 Å². The maximum absolute atomic E-state index is 12.3. The van der Waals surface area contributed by atoms with Gasteiger partial charge in [-0.1, -0.05) is 51.9 Å². The van der Waals surface area contributed by atoms with E-state index in [4.69, 9.17) is 0 Å². The van der Waals surface area contributed by atoms with Gasteiger partial charge < -0.3 is 10.0 Å². The second-order valence-corrected chi connectivity index (χ2v) is 6.27. The van der Waals surface area contributed by atoms with Crippen molar-refractivity contribution in [2.45, 2.75) is 77.4 Å². The Morgan fingerprint density at radius 2 is 1.79 bits per heavy atom. The average molecular weight is 267 g/mol. The molecule has 1 amide bonds. The molecule has 2 fully saturated rings. The van der Waals surface area contributed by atoms with Crippen LogP contribution in [-0.4, -0.2) is 28.7 Å². The van der Waals surface area contributed by atoms with Crippen LogP contribution < -0.4 is 0 Å². The van der Waals surface area contributed by atoms with Gasteiger partial charge in [0.2, 0.25) is 5.91 Å². The summed E-state index contributed by atoms with van der Waals surface area (Å²) in [5.41, 5.74) is 0. The zero-order valence-electron chi connectivity index (χ0n) is 12.3. The van der Waals surface area contributed by atoms with E-state index in [1.54, 1.807) is 4.90 Å². The van der Waals surface area contributed by atoms with E-state index < -0.39 is 6.23 Å². The van der Waals surface area contributed by atoms with Crippen molar-refractivity contribution in [1.29, 1.82) is 0 Å². The zero-order chi connectivity index (χ0) is 13.7. The third kappa shape index (κ3) is 3.50. The molecule has 1 aliphatic heterocycles. The monoisotopic (exact) mass is 267 g/mol. The lowest BCUT2D eigenvalue weighted by Crippen LogP contribution is -2.35. The maximum Gasteiger partial charge on any atom is 0.228 e. The molecule has 1 N–H and O–H groups in total. The molecule has 3 unspecified atom stereocenters. The lowest BCUT2D eigenvalue weighted by atomic mass is 9.81. The lowest BCUT2D eigenvalue weighted by molar-refractivity contribution is -0.135. The summed E-state index contributed by atoms with van der Waals surface area (Å²) >= 11 is 0. The fraction of sp³-hybridized carbons (Fsp3) is 0.938. The molecule has 0 bridgehead atoms. The number of aliphatic hydroxyl groups excluding tert-OH is 1. The van der Waals surface area contributed by atoms with E-state index >= 15 is 0 Å². The first-order valence-electron chi connectivity index (χ1n) is 8.24. The Hall–Kier alpha value is -0.570. The number of carbonyl (C=O) groups excluding carboxylic acids is 1. The predicted octanol–water partition coefficient (Wildman–Crippen LogP) is 3.31. The first kappa shape index (κ1) is 14.8. The fourth-order valence-electron chi connectivity index (χ4n) is 3.70. The number of hydrogen-bond donors (Lipinski definition) is 1. The summed E-state index contributed by atoms with van der Waals surface area (Å²) in [5.74, 6) is 0.580. The number of amides is 1. The van der Waals surface area contributed by atoms with Crippen LogP contribution in [0.5, 0.6) is 0 Å². The van der Waals surface area contributed by atoms with Crippen molar-refractivity contribution in [1.82, 2.24) is 4.90 Å². The van der Waals surface area contributed by atoms with Gasteiger partial charge in [-0.2, -0.15) is 0 Å². The van der Waals surface area contributed by atoms with Gasteiger partial charge in [0.15, 0.2) is 0 Å². The fourth-order valence-corrected chi connectivity index (χ4v) is 3.70. The van der Waals surface area contributed by atoms with Crippen molar-refractivity contribution in [3.05, 3.63) is 0 Å². The normalized spacial score (nSPS) is 30.7. The molecule has 0 aromatic heterocycles. The summed E-state index contributed by atoms with van der Waals surface area (Å²) in [5, 5.41) is 10.3. The Morgan fingerprint density at radius 3 is 2.53 bits per heavy atom. The van der Waals surface area contributed by atoms with Gasteiger partial charge >= 0.3 is 0 Å². The number of rotatable bonds is 7. The summed E-state index contributed by atoms with van der Waals surface area (Å²) in [4.78, 5) is 14.0. The molecule has 3 nitrogen and oxygen atoms in total. The number of likely N-dealkylation sites (tertiary alicyclic amines) is 1. The first-order valence-corrected chi connectivity index (χ1v) is 8.24. The summed E-state index contributed by atoms with van der Waals surface area (Å²) < 4.78 is 0. The van der Waals surface area contributed by atoms with E-state index in [0.29, 0.717) is 0 Å².